The van der Waals surface area contributed by atoms with Crippen LogP contribution < -0.4 is 0 Å². The minimum atomic E-state index is -1.67. The average Bonchev–Trinajstić information content (AvgIpc) is 3.02. The standard InChI is InChI=1S/C28H53NO3Si2/c1-19(29-30-4)23-13-14-24-22-12-11-20-17-21(31-33(5,6)7)15-16-27(20,2)26(22)25(18-28(23,24)3)32-34(8,9)10/h20-26H,11-18H2,1-10H3/t20-,21-,22?,23-,24?,25+,26?,27+,28-/m1/s1. The second-order valence-corrected chi connectivity index (χ2v) is 23.6. The quantitative estimate of drug-likeness (QED) is 0.210. The van der Waals surface area contributed by atoms with E-state index in [-0.39, 0.29) is 5.41 Å². The lowest BCUT2D eigenvalue weighted by Gasteiger charge is -2.64. The molecule has 0 amide bonds. The van der Waals surface area contributed by atoms with Crippen LogP contribution in [0, 0.1) is 40.4 Å². The van der Waals surface area contributed by atoms with Gasteiger partial charge in [-0.1, -0.05) is 19.0 Å². The molecule has 4 nitrogen and oxygen atoms in total. The van der Waals surface area contributed by atoms with E-state index >= 15 is 0 Å². The predicted molar refractivity (Wildman–Crippen MR) is 147 cm³/mol. The maximum atomic E-state index is 7.17. The maximum Gasteiger partial charge on any atom is 0.184 e. The summed E-state index contributed by atoms with van der Waals surface area (Å²) in [6.45, 7) is 21.7. The number of hydrogen-bond acceptors (Lipinski definition) is 4. The minimum absolute atomic E-state index is 0.277. The van der Waals surface area contributed by atoms with Crippen molar-refractivity contribution in [2.45, 2.75) is 124 Å². The van der Waals surface area contributed by atoms with Crippen molar-refractivity contribution in [1.82, 2.24) is 0 Å². The van der Waals surface area contributed by atoms with Gasteiger partial charge < -0.3 is 13.7 Å². The zero-order valence-corrected chi connectivity index (χ0v) is 25.9. The SMILES string of the molecule is CON=C(C)[C@H]1CCC2C3CC[C@@H]4C[C@H](O[Si](C)(C)C)CC[C@]4(C)C3[C@@H](O[Si](C)(C)C)C[C@@]21C. The molecular weight excluding hydrogens is 454 g/mol. The Hall–Kier alpha value is -0.176. The van der Waals surface area contributed by atoms with Gasteiger partial charge in [-0.25, -0.2) is 0 Å². The van der Waals surface area contributed by atoms with Gasteiger partial charge in [-0.3, -0.25) is 0 Å². The molecule has 6 heteroatoms. The molecule has 4 rings (SSSR count). The Bertz CT molecular complexity index is 775. The fourth-order valence-corrected chi connectivity index (χ4v) is 11.7. The number of fused-ring (bicyclic) bond motifs is 5. The molecule has 0 heterocycles. The predicted octanol–water partition coefficient (Wildman–Crippen LogP) is 7.72. The van der Waals surface area contributed by atoms with Crippen molar-refractivity contribution >= 4 is 22.3 Å². The lowest BCUT2D eigenvalue weighted by molar-refractivity contribution is -0.168. The van der Waals surface area contributed by atoms with Crippen LogP contribution in [0.15, 0.2) is 5.16 Å². The highest BCUT2D eigenvalue weighted by molar-refractivity contribution is 6.70. The Balaban J connectivity index is 1.66. The summed E-state index contributed by atoms with van der Waals surface area (Å²) in [4.78, 5) is 5.24. The zero-order valence-electron chi connectivity index (χ0n) is 23.9. The van der Waals surface area contributed by atoms with Gasteiger partial charge in [0.05, 0.1) is 5.71 Å². The van der Waals surface area contributed by atoms with Crippen molar-refractivity contribution in [2.75, 3.05) is 7.11 Å². The van der Waals surface area contributed by atoms with Crippen molar-refractivity contribution in [3.8, 4) is 0 Å². The third kappa shape index (κ3) is 4.99. The van der Waals surface area contributed by atoms with Crippen LogP contribution >= 0.6 is 0 Å². The molecule has 4 saturated carbocycles. The summed E-state index contributed by atoms with van der Waals surface area (Å²) >= 11 is 0. The van der Waals surface area contributed by atoms with Crippen LogP contribution in [0.5, 0.6) is 0 Å². The second-order valence-electron chi connectivity index (χ2n) is 14.7. The summed E-state index contributed by atoms with van der Waals surface area (Å²) in [6, 6.07) is 0. The van der Waals surface area contributed by atoms with E-state index in [4.69, 9.17) is 13.7 Å². The molecule has 0 bridgehead atoms. The van der Waals surface area contributed by atoms with E-state index in [0.717, 1.165) is 17.8 Å². The van der Waals surface area contributed by atoms with E-state index in [0.29, 0.717) is 29.5 Å². The summed E-state index contributed by atoms with van der Waals surface area (Å²) in [7, 11) is -1.48. The summed E-state index contributed by atoms with van der Waals surface area (Å²) in [5.74, 6) is 3.59. The number of rotatable bonds is 6. The van der Waals surface area contributed by atoms with E-state index < -0.39 is 16.6 Å². The van der Waals surface area contributed by atoms with E-state index in [2.05, 4.69) is 65.2 Å². The van der Waals surface area contributed by atoms with Crippen molar-refractivity contribution in [1.29, 1.82) is 0 Å². The van der Waals surface area contributed by atoms with Gasteiger partial charge in [0.25, 0.3) is 0 Å². The summed E-state index contributed by atoms with van der Waals surface area (Å²) < 4.78 is 13.8. The fraction of sp³-hybridized carbons (Fsp3) is 0.964. The molecule has 0 radical (unpaired) electrons. The Morgan fingerprint density at radius 3 is 2.15 bits per heavy atom. The van der Waals surface area contributed by atoms with Crippen molar-refractivity contribution in [3.05, 3.63) is 0 Å². The molecule has 9 atom stereocenters. The third-order valence-corrected chi connectivity index (χ3v) is 12.3. The van der Waals surface area contributed by atoms with E-state index in [1.807, 2.05) is 0 Å². The Morgan fingerprint density at radius 2 is 1.53 bits per heavy atom. The first-order valence-corrected chi connectivity index (χ1v) is 20.9. The molecule has 4 aliphatic rings. The summed E-state index contributed by atoms with van der Waals surface area (Å²) in [5.41, 5.74) is 1.86. The first-order valence-electron chi connectivity index (χ1n) is 14.1. The van der Waals surface area contributed by atoms with Crippen LogP contribution in [-0.2, 0) is 13.7 Å². The van der Waals surface area contributed by atoms with Crippen molar-refractivity contribution in [3.63, 3.8) is 0 Å². The third-order valence-electron chi connectivity index (χ3n) is 10.3. The normalized spacial score (nSPS) is 45.4. The molecule has 4 aliphatic carbocycles. The van der Waals surface area contributed by atoms with Crippen LogP contribution in [0.2, 0.25) is 39.3 Å². The van der Waals surface area contributed by atoms with Crippen LogP contribution in [0.3, 0.4) is 0 Å². The number of hydrogen-bond donors (Lipinski definition) is 0. The van der Waals surface area contributed by atoms with Crippen molar-refractivity contribution < 1.29 is 13.7 Å². The van der Waals surface area contributed by atoms with Gasteiger partial charge in [-0.15, -0.1) is 0 Å². The largest absolute Gasteiger partial charge is 0.415 e. The van der Waals surface area contributed by atoms with Crippen LogP contribution in [0.4, 0.5) is 0 Å². The molecule has 0 N–H and O–H groups in total. The summed E-state index contributed by atoms with van der Waals surface area (Å²) in [6.07, 6.45) is 11.3. The van der Waals surface area contributed by atoms with E-state index in [1.54, 1.807) is 7.11 Å². The molecule has 0 saturated heterocycles. The minimum Gasteiger partial charge on any atom is -0.415 e. The molecule has 0 aromatic rings. The van der Waals surface area contributed by atoms with Gasteiger partial charge in [-0.2, -0.15) is 0 Å². The number of oxime groups is 1. The van der Waals surface area contributed by atoms with Gasteiger partial charge >= 0.3 is 0 Å². The monoisotopic (exact) mass is 507 g/mol. The first kappa shape index (κ1) is 26.9. The van der Waals surface area contributed by atoms with Gasteiger partial charge in [0.1, 0.15) is 7.11 Å². The first-order chi connectivity index (χ1) is 15.7. The highest BCUT2D eigenvalue weighted by Crippen LogP contribution is 2.68. The van der Waals surface area contributed by atoms with E-state index in [1.165, 1.54) is 57.1 Å². The zero-order chi connectivity index (χ0) is 25.1. The molecule has 34 heavy (non-hydrogen) atoms. The molecule has 3 unspecified atom stereocenters. The molecular formula is C28H53NO3Si2. The smallest absolute Gasteiger partial charge is 0.184 e. The average molecular weight is 508 g/mol. The maximum absolute atomic E-state index is 7.17. The van der Waals surface area contributed by atoms with Crippen LogP contribution in [-0.4, -0.2) is 41.7 Å². The lowest BCUT2D eigenvalue weighted by atomic mass is 9.44. The van der Waals surface area contributed by atoms with Gasteiger partial charge in [-0.05, 0) is 132 Å². The van der Waals surface area contributed by atoms with Crippen LogP contribution in [0.1, 0.15) is 72.1 Å². The van der Waals surface area contributed by atoms with Crippen molar-refractivity contribution in [2.24, 2.45) is 45.6 Å². The Kier molecular flexibility index (Phi) is 7.34. The number of nitrogens with zero attached hydrogens (tertiary/aromatic N) is 1. The summed E-state index contributed by atoms with van der Waals surface area (Å²) in [5, 5.41) is 4.44. The van der Waals surface area contributed by atoms with E-state index in [9.17, 15) is 0 Å². The molecule has 196 valence electrons. The Labute approximate surface area is 212 Å². The molecule has 4 fully saturated rings. The van der Waals surface area contributed by atoms with Gasteiger partial charge in [0.2, 0.25) is 0 Å². The van der Waals surface area contributed by atoms with Crippen LogP contribution in [0.25, 0.3) is 0 Å². The molecule has 0 aliphatic heterocycles. The molecule has 0 aromatic heterocycles. The van der Waals surface area contributed by atoms with Gasteiger partial charge in [0, 0.05) is 18.1 Å². The lowest BCUT2D eigenvalue weighted by Crippen LogP contribution is -2.61. The second kappa shape index (κ2) is 9.29. The highest BCUT2D eigenvalue weighted by Gasteiger charge is 2.64. The Morgan fingerprint density at radius 1 is 0.853 bits per heavy atom. The molecule has 0 spiro atoms. The topological polar surface area (TPSA) is 40.0 Å². The highest BCUT2D eigenvalue weighted by atomic mass is 28.4. The molecule has 0 aromatic carbocycles. The fourth-order valence-electron chi connectivity index (χ4n) is 9.37. The van der Waals surface area contributed by atoms with Gasteiger partial charge in [0.15, 0.2) is 16.6 Å².